The first-order valence-electron chi connectivity index (χ1n) is 6.31. The molecule has 1 aliphatic rings. The van der Waals surface area contributed by atoms with Gasteiger partial charge in [-0.1, -0.05) is 6.07 Å². The molecule has 1 aromatic carbocycles. The minimum Gasteiger partial charge on any atom is -0.454 e. The van der Waals surface area contributed by atoms with Crippen LogP contribution in [0.5, 0.6) is 11.5 Å². The molecule has 6 heteroatoms. The van der Waals surface area contributed by atoms with Gasteiger partial charge < -0.3 is 19.1 Å². The van der Waals surface area contributed by atoms with Crippen LogP contribution in [0, 0.1) is 0 Å². The van der Waals surface area contributed by atoms with E-state index < -0.39 is 0 Å². The summed E-state index contributed by atoms with van der Waals surface area (Å²) in [6.07, 6.45) is 0. The molecular formula is C14H12N2O3S. The van der Waals surface area contributed by atoms with Gasteiger partial charge in [0.1, 0.15) is 0 Å². The topological polar surface area (TPSA) is 56.5 Å². The zero-order valence-corrected chi connectivity index (χ0v) is 11.4. The second kappa shape index (κ2) is 4.50. The molecule has 0 fully saturated rings. The summed E-state index contributed by atoms with van der Waals surface area (Å²) in [4.78, 5) is 5.76. The summed E-state index contributed by atoms with van der Waals surface area (Å²) in [7, 11) is 0. The third kappa shape index (κ3) is 1.69. The molecule has 3 heterocycles. The molecule has 0 unspecified atom stereocenters. The quantitative estimate of drug-likeness (QED) is 0.804. The maximum absolute atomic E-state index is 9.31. The van der Waals surface area contributed by atoms with Gasteiger partial charge in [-0.2, -0.15) is 0 Å². The van der Waals surface area contributed by atoms with Gasteiger partial charge in [0.25, 0.3) is 0 Å². The SMILES string of the molecule is OCCn1c(-c2cccs2)nc2cc3c(cc21)OCO3. The number of ether oxygens (including phenoxy) is 2. The first-order valence-corrected chi connectivity index (χ1v) is 7.19. The van der Waals surface area contributed by atoms with E-state index in [4.69, 9.17) is 9.47 Å². The summed E-state index contributed by atoms with van der Waals surface area (Å²) in [5, 5.41) is 11.3. The van der Waals surface area contributed by atoms with Crippen molar-refractivity contribution >= 4 is 22.4 Å². The second-order valence-corrected chi connectivity index (χ2v) is 5.43. The van der Waals surface area contributed by atoms with Crippen molar-refractivity contribution in [2.75, 3.05) is 13.4 Å². The molecule has 0 spiro atoms. The molecule has 3 aromatic rings. The molecule has 1 N–H and O–H groups in total. The van der Waals surface area contributed by atoms with Crippen LogP contribution in [-0.4, -0.2) is 28.1 Å². The van der Waals surface area contributed by atoms with E-state index in [1.807, 2.05) is 34.2 Å². The van der Waals surface area contributed by atoms with Crippen LogP contribution in [-0.2, 0) is 6.54 Å². The number of aliphatic hydroxyl groups is 1. The fourth-order valence-electron chi connectivity index (χ4n) is 2.44. The van der Waals surface area contributed by atoms with Gasteiger partial charge in [-0.05, 0) is 11.4 Å². The summed E-state index contributed by atoms with van der Waals surface area (Å²) in [6.45, 7) is 0.821. The van der Waals surface area contributed by atoms with E-state index in [1.54, 1.807) is 11.3 Å². The smallest absolute Gasteiger partial charge is 0.231 e. The lowest BCUT2D eigenvalue weighted by molar-refractivity contribution is 0.174. The van der Waals surface area contributed by atoms with Gasteiger partial charge in [-0.25, -0.2) is 4.98 Å². The van der Waals surface area contributed by atoms with Crippen LogP contribution in [0.1, 0.15) is 0 Å². The number of benzene rings is 1. The van der Waals surface area contributed by atoms with Gasteiger partial charge in [0.15, 0.2) is 17.3 Å². The highest BCUT2D eigenvalue weighted by atomic mass is 32.1. The highest BCUT2D eigenvalue weighted by molar-refractivity contribution is 7.13. The van der Waals surface area contributed by atoms with E-state index in [2.05, 4.69) is 4.98 Å². The average Bonchev–Trinajstić information content (AvgIpc) is 3.15. The summed E-state index contributed by atoms with van der Waals surface area (Å²) < 4.78 is 12.8. The van der Waals surface area contributed by atoms with E-state index in [0.717, 1.165) is 33.2 Å². The van der Waals surface area contributed by atoms with E-state index in [9.17, 15) is 5.11 Å². The van der Waals surface area contributed by atoms with Crippen molar-refractivity contribution in [1.82, 2.24) is 9.55 Å². The highest BCUT2D eigenvalue weighted by Crippen LogP contribution is 2.38. The van der Waals surface area contributed by atoms with Crippen LogP contribution in [0.4, 0.5) is 0 Å². The summed E-state index contributed by atoms with van der Waals surface area (Å²) in [6, 6.07) is 7.84. The molecule has 0 bridgehead atoms. The molecule has 0 amide bonds. The Balaban J connectivity index is 1.97. The molecule has 0 saturated heterocycles. The van der Waals surface area contributed by atoms with Crippen molar-refractivity contribution in [3.63, 3.8) is 0 Å². The van der Waals surface area contributed by atoms with Gasteiger partial charge in [-0.3, -0.25) is 0 Å². The predicted molar refractivity (Wildman–Crippen MR) is 76.3 cm³/mol. The molecule has 1 aliphatic heterocycles. The summed E-state index contributed by atoms with van der Waals surface area (Å²) in [5.74, 6) is 2.32. The van der Waals surface area contributed by atoms with E-state index in [-0.39, 0.29) is 13.4 Å². The normalized spacial score (nSPS) is 13.2. The molecular weight excluding hydrogens is 276 g/mol. The number of imidazole rings is 1. The van der Waals surface area contributed by atoms with Gasteiger partial charge in [0, 0.05) is 18.7 Å². The minimum absolute atomic E-state index is 0.0677. The molecule has 20 heavy (non-hydrogen) atoms. The van der Waals surface area contributed by atoms with Crippen LogP contribution in [0.25, 0.3) is 21.7 Å². The van der Waals surface area contributed by atoms with E-state index in [1.165, 1.54) is 0 Å². The Kier molecular flexibility index (Phi) is 2.64. The molecule has 2 aromatic heterocycles. The fourth-order valence-corrected chi connectivity index (χ4v) is 3.16. The zero-order valence-electron chi connectivity index (χ0n) is 10.6. The Morgan fingerprint density at radius 2 is 2.15 bits per heavy atom. The molecule has 0 aliphatic carbocycles. The average molecular weight is 288 g/mol. The Hall–Kier alpha value is -2.05. The molecule has 0 saturated carbocycles. The standard InChI is InChI=1S/C14H12N2O3S/c17-4-3-16-10-7-12-11(18-8-19-12)6-9(10)15-14(16)13-2-1-5-20-13/h1-2,5-7,17H,3-4,8H2. The largest absolute Gasteiger partial charge is 0.454 e. The number of rotatable bonds is 3. The van der Waals surface area contributed by atoms with Crippen LogP contribution in [0.2, 0.25) is 0 Å². The van der Waals surface area contributed by atoms with Crippen LogP contribution >= 0.6 is 11.3 Å². The van der Waals surface area contributed by atoms with Crippen molar-refractivity contribution in [1.29, 1.82) is 0 Å². The minimum atomic E-state index is 0.0677. The number of thiophene rings is 1. The Labute approximate surface area is 119 Å². The first-order chi connectivity index (χ1) is 9.86. The highest BCUT2D eigenvalue weighted by Gasteiger charge is 2.19. The van der Waals surface area contributed by atoms with Gasteiger partial charge in [0.05, 0.1) is 22.5 Å². The summed E-state index contributed by atoms with van der Waals surface area (Å²) in [5.41, 5.74) is 1.80. The number of hydrogen-bond donors (Lipinski definition) is 1. The summed E-state index contributed by atoms with van der Waals surface area (Å²) >= 11 is 1.63. The van der Waals surface area contributed by atoms with Crippen LogP contribution in [0.3, 0.4) is 0 Å². The van der Waals surface area contributed by atoms with Crippen molar-refractivity contribution in [3.05, 3.63) is 29.6 Å². The molecule has 0 atom stereocenters. The maximum Gasteiger partial charge on any atom is 0.231 e. The lowest BCUT2D eigenvalue weighted by atomic mass is 10.2. The van der Waals surface area contributed by atoms with Crippen molar-refractivity contribution < 1.29 is 14.6 Å². The second-order valence-electron chi connectivity index (χ2n) is 4.48. The fraction of sp³-hybridized carbons (Fsp3) is 0.214. The molecule has 4 rings (SSSR count). The number of aromatic nitrogens is 2. The lowest BCUT2D eigenvalue weighted by Crippen LogP contribution is -2.03. The lowest BCUT2D eigenvalue weighted by Gasteiger charge is -2.06. The maximum atomic E-state index is 9.31. The van der Waals surface area contributed by atoms with Crippen molar-refractivity contribution in [3.8, 4) is 22.2 Å². The first kappa shape index (κ1) is 11.7. The molecule has 5 nitrogen and oxygen atoms in total. The zero-order chi connectivity index (χ0) is 13.5. The van der Waals surface area contributed by atoms with Gasteiger partial charge in [-0.15, -0.1) is 11.3 Å². The van der Waals surface area contributed by atoms with Crippen molar-refractivity contribution in [2.24, 2.45) is 0 Å². The number of aliphatic hydroxyl groups excluding tert-OH is 1. The van der Waals surface area contributed by atoms with E-state index >= 15 is 0 Å². The molecule has 0 radical (unpaired) electrons. The number of fused-ring (bicyclic) bond motifs is 2. The van der Waals surface area contributed by atoms with Crippen LogP contribution in [0.15, 0.2) is 29.6 Å². The monoisotopic (exact) mass is 288 g/mol. The van der Waals surface area contributed by atoms with E-state index in [0.29, 0.717) is 6.54 Å². The predicted octanol–water partition coefficient (Wildman–Crippen LogP) is 2.49. The third-order valence-electron chi connectivity index (χ3n) is 3.31. The Morgan fingerprint density at radius 1 is 1.30 bits per heavy atom. The Morgan fingerprint density at radius 3 is 2.90 bits per heavy atom. The molecule has 102 valence electrons. The van der Waals surface area contributed by atoms with Gasteiger partial charge in [0.2, 0.25) is 6.79 Å². The van der Waals surface area contributed by atoms with Gasteiger partial charge >= 0.3 is 0 Å². The van der Waals surface area contributed by atoms with Crippen LogP contribution < -0.4 is 9.47 Å². The number of hydrogen-bond acceptors (Lipinski definition) is 5. The van der Waals surface area contributed by atoms with Crippen molar-refractivity contribution in [2.45, 2.75) is 6.54 Å². The third-order valence-corrected chi connectivity index (χ3v) is 4.17. The number of nitrogens with zero attached hydrogens (tertiary/aromatic N) is 2. The Bertz CT molecular complexity index is 764.